The molecule has 3 N–H and O–H groups in total. The van der Waals surface area contributed by atoms with Crippen LogP contribution >= 0.6 is 0 Å². The monoisotopic (exact) mass is 323 g/mol. The maximum atomic E-state index is 10.9. The lowest BCUT2D eigenvalue weighted by atomic mass is 9.75. The summed E-state index contributed by atoms with van der Waals surface area (Å²) in [5, 5.41) is 18.9. The van der Waals surface area contributed by atoms with Crippen molar-refractivity contribution in [3.05, 3.63) is 59.7 Å². The number of benzene rings is 2. The normalized spacial score (nSPS) is 19.0. The highest BCUT2D eigenvalue weighted by atomic mass is 16.5. The van der Waals surface area contributed by atoms with Crippen molar-refractivity contribution in [1.82, 2.24) is 5.06 Å². The third kappa shape index (κ3) is 3.31. The van der Waals surface area contributed by atoms with E-state index in [4.69, 9.17) is 15.7 Å². The molecule has 1 aliphatic rings. The summed E-state index contributed by atoms with van der Waals surface area (Å²) < 4.78 is 5.81. The summed E-state index contributed by atoms with van der Waals surface area (Å²) in [6.45, 7) is 0. The van der Waals surface area contributed by atoms with Gasteiger partial charge >= 0.3 is 6.03 Å². The van der Waals surface area contributed by atoms with Crippen LogP contribution in [0.2, 0.25) is 0 Å². The number of primary amides is 1. The van der Waals surface area contributed by atoms with Gasteiger partial charge in [0.15, 0.2) is 0 Å². The van der Waals surface area contributed by atoms with Gasteiger partial charge in [-0.1, -0.05) is 12.1 Å². The minimum absolute atomic E-state index is 0.226. The standard InChI is InChI=1S/C18H17N3O3/c19-11-12-4-6-16(7-5-12)24-17-3-1-2-13(10-17)14-8-15(9-14)21(23)18(20)22/h1-7,10,14-15,23H,8-9H2,(H2,20,22)/t14-,15-. The van der Waals surface area contributed by atoms with Crippen molar-refractivity contribution in [2.24, 2.45) is 5.73 Å². The molecule has 0 atom stereocenters. The van der Waals surface area contributed by atoms with Crippen LogP contribution in [0, 0.1) is 11.3 Å². The van der Waals surface area contributed by atoms with Crippen molar-refractivity contribution in [3.63, 3.8) is 0 Å². The molecule has 0 radical (unpaired) electrons. The van der Waals surface area contributed by atoms with Crippen LogP contribution in [0.5, 0.6) is 11.5 Å². The average Bonchev–Trinajstić information content (AvgIpc) is 2.54. The second kappa shape index (κ2) is 6.60. The Balaban J connectivity index is 1.65. The van der Waals surface area contributed by atoms with Gasteiger partial charge in [-0.25, -0.2) is 9.86 Å². The Morgan fingerprint density at radius 1 is 1.21 bits per heavy atom. The first-order chi connectivity index (χ1) is 11.6. The number of nitrogens with zero attached hydrogens (tertiary/aromatic N) is 2. The van der Waals surface area contributed by atoms with E-state index in [0.29, 0.717) is 35.0 Å². The van der Waals surface area contributed by atoms with E-state index < -0.39 is 6.03 Å². The van der Waals surface area contributed by atoms with E-state index in [9.17, 15) is 10.0 Å². The Labute approximate surface area is 139 Å². The Hall–Kier alpha value is -3.04. The molecule has 6 heteroatoms. The summed E-state index contributed by atoms with van der Waals surface area (Å²) in [5.74, 6) is 1.62. The van der Waals surface area contributed by atoms with Crippen molar-refractivity contribution >= 4 is 6.03 Å². The van der Waals surface area contributed by atoms with Crippen molar-refractivity contribution in [3.8, 4) is 17.6 Å². The maximum Gasteiger partial charge on any atom is 0.338 e. The van der Waals surface area contributed by atoms with Gasteiger partial charge in [0.2, 0.25) is 0 Å². The summed E-state index contributed by atoms with van der Waals surface area (Å²) in [7, 11) is 0. The Bertz CT molecular complexity index is 777. The Morgan fingerprint density at radius 2 is 1.92 bits per heavy atom. The molecule has 6 nitrogen and oxygen atoms in total. The van der Waals surface area contributed by atoms with Gasteiger partial charge < -0.3 is 10.5 Å². The zero-order chi connectivity index (χ0) is 17.1. The van der Waals surface area contributed by atoms with Crippen LogP contribution in [0.15, 0.2) is 48.5 Å². The molecule has 122 valence electrons. The summed E-state index contributed by atoms with van der Waals surface area (Å²) >= 11 is 0. The van der Waals surface area contributed by atoms with Gasteiger partial charge in [-0.3, -0.25) is 5.21 Å². The number of nitrogens with two attached hydrogens (primary N) is 1. The lowest BCUT2D eigenvalue weighted by Gasteiger charge is -2.39. The quantitative estimate of drug-likeness (QED) is 0.665. The molecule has 2 aromatic rings. The molecular weight excluding hydrogens is 306 g/mol. The molecule has 24 heavy (non-hydrogen) atoms. The predicted octanol–water partition coefficient (Wildman–Crippen LogP) is 3.37. The van der Waals surface area contributed by atoms with Gasteiger partial charge in [-0.2, -0.15) is 5.26 Å². The number of hydrogen-bond donors (Lipinski definition) is 2. The lowest BCUT2D eigenvalue weighted by molar-refractivity contribution is -0.102. The van der Waals surface area contributed by atoms with Crippen molar-refractivity contribution in [2.75, 3.05) is 0 Å². The topological polar surface area (TPSA) is 99.6 Å². The Morgan fingerprint density at radius 3 is 2.54 bits per heavy atom. The fraction of sp³-hybridized carbons (Fsp3) is 0.222. The van der Waals surface area contributed by atoms with Crippen molar-refractivity contribution < 1.29 is 14.7 Å². The molecule has 1 saturated carbocycles. The summed E-state index contributed by atoms with van der Waals surface area (Å²) in [5.41, 5.74) is 6.73. The highest BCUT2D eigenvalue weighted by Crippen LogP contribution is 2.40. The highest BCUT2D eigenvalue weighted by molar-refractivity contribution is 5.71. The molecule has 0 saturated heterocycles. The first kappa shape index (κ1) is 15.8. The first-order valence-corrected chi connectivity index (χ1v) is 7.62. The van der Waals surface area contributed by atoms with Gasteiger partial charge in [-0.05, 0) is 60.7 Å². The minimum Gasteiger partial charge on any atom is -0.457 e. The van der Waals surface area contributed by atoms with E-state index in [-0.39, 0.29) is 12.0 Å². The van der Waals surface area contributed by atoms with Gasteiger partial charge in [0.25, 0.3) is 0 Å². The number of hydrogen-bond acceptors (Lipinski definition) is 4. The van der Waals surface area contributed by atoms with E-state index in [0.717, 1.165) is 5.56 Å². The average molecular weight is 323 g/mol. The zero-order valence-electron chi connectivity index (χ0n) is 12.9. The number of hydroxylamine groups is 2. The van der Waals surface area contributed by atoms with Crippen molar-refractivity contribution in [2.45, 2.75) is 24.8 Å². The molecule has 0 heterocycles. The number of carbonyl (C=O) groups excluding carboxylic acids is 1. The van der Waals surface area contributed by atoms with Crippen LogP contribution < -0.4 is 10.5 Å². The fourth-order valence-electron chi connectivity index (χ4n) is 2.81. The van der Waals surface area contributed by atoms with Gasteiger partial charge in [-0.15, -0.1) is 0 Å². The smallest absolute Gasteiger partial charge is 0.338 e. The number of nitriles is 1. The maximum absolute atomic E-state index is 10.9. The van der Waals surface area contributed by atoms with Crippen LogP contribution in [-0.4, -0.2) is 22.3 Å². The van der Waals surface area contributed by atoms with E-state index >= 15 is 0 Å². The predicted molar refractivity (Wildman–Crippen MR) is 86.6 cm³/mol. The van der Waals surface area contributed by atoms with E-state index in [1.54, 1.807) is 24.3 Å². The van der Waals surface area contributed by atoms with Crippen molar-refractivity contribution in [1.29, 1.82) is 5.26 Å². The van der Waals surface area contributed by atoms with E-state index in [2.05, 4.69) is 6.07 Å². The summed E-state index contributed by atoms with van der Waals surface area (Å²) in [6.07, 6.45) is 1.33. The van der Waals surface area contributed by atoms with E-state index in [1.807, 2.05) is 24.3 Å². The summed E-state index contributed by atoms with van der Waals surface area (Å²) in [6, 6.07) is 15.6. The second-order valence-electron chi connectivity index (χ2n) is 5.82. The van der Waals surface area contributed by atoms with Gasteiger partial charge in [0.1, 0.15) is 11.5 Å². The zero-order valence-corrected chi connectivity index (χ0v) is 12.9. The molecule has 0 aromatic heterocycles. The third-order valence-corrected chi connectivity index (χ3v) is 4.23. The molecule has 2 aromatic carbocycles. The number of rotatable bonds is 4. The molecule has 2 amide bonds. The molecule has 1 aliphatic carbocycles. The lowest BCUT2D eigenvalue weighted by Crippen LogP contribution is -2.47. The molecule has 0 spiro atoms. The molecular formula is C18H17N3O3. The SMILES string of the molecule is N#Cc1ccc(Oc2cccc([C@H]3C[C@H](N(O)C(N)=O)C3)c2)cc1. The molecule has 0 bridgehead atoms. The van der Waals surface area contributed by atoms with Crippen LogP contribution in [0.3, 0.4) is 0 Å². The minimum atomic E-state index is -0.823. The number of urea groups is 1. The van der Waals surface area contributed by atoms with Crippen LogP contribution in [0.4, 0.5) is 4.79 Å². The molecule has 0 aliphatic heterocycles. The molecule has 3 rings (SSSR count). The van der Waals surface area contributed by atoms with Crippen LogP contribution in [-0.2, 0) is 0 Å². The number of amides is 2. The van der Waals surface area contributed by atoms with Crippen LogP contribution in [0.1, 0.15) is 29.9 Å². The molecule has 1 fully saturated rings. The number of carbonyl (C=O) groups is 1. The Kier molecular flexibility index (Phi) is 4.36. The van der Waals surface area contributed by atoms with Gasteiger partial charge in [0.05, 0.1) is 17.7 Å². The van der Waals surface area contributed by atoms with E-state index in [1.165, 1.54) is 0 Å². The summed E-state index contributed by atoms with van der Waals surface area (Å²) in [4.78, 5) is 10.9. The first-order valence-electron chi connectivity index (χ1n) is 7.62. The fourth-order valence-corrected chi connectivity index (χ4v) is 2.81. The largest absolute Gasteiger partial charge is 0.457 e. The van der Waals surface area contributed by atoms with Gasteiger partial charge in [0, 0.05) is 0 Å². The number of ether oxygens (including phenoxy) is 1. The second-order valence-corrected chi connectivity index (χ2v) is 5.82. The highest BCUT2D eigenvalue weighted by Gasteiger charge is 2.36. The van der Waals surface area contributed by atoms with Crippen LogP contribution in [0.25, 0.3) is 0 Å². The molecule has 0 unspecified atom stereocenters. The third-order valence-electron chi connectivity index (χ3n) is 4.23.